The Kier molecular flexibility index (Phi) is 4.59. The first-order valence-corrected chi connectivity index (χ1v) is 9.21. The van der Waals surface area contributed by atoms with E-state index >= 15 is 0 Å². The molecule has 0 bridgehead atoms. The number of nitrogens with one attached hydrogen (secondary N) is 1. The predicted molar refractivity (Wildman–Crippen MR) is 108 cm³/mol. The van der Waals surface area contributed by atoms with E-state index in [2.05, 4.69) is 47.3 Å². The second-order valence-electron chi connectivity index (χ2n) is 7.00. The van der Waals surface area contributed by atoms with Crippen LogP contribution < -0.4 is 10.2 Å². The maximum Gasteiger partial charge on any atom is 0.277 e. The number of carbonyl (C=O) groups is 1. The average Bonchev–Trinajstić information content (AvgIpc) is 3.12. The lowest BCUT2D eigenvalue weighted by molar-refractivity contribution is 0.0984. The molecule has 1 N–H and O–H groups in total. The Morgan fingerprint density at radius 3 is 2.63 bits per heavy atom. The van der Waals surface area contributed by atoms with Gasteiger partial charge in [-0.25, -0.2) is 9.97 Å². The van der Waals surface area contributed by atoms with Gasteiger partial charge in [0.2, 0.25) is 5.95 Å². The van der Waals surface area contributed by atoms with Crippen LogP contribution in [0.1, 0.15) is 41.4 Å². The van der Waals surface area contributed by atoms with Gasteiger partial charge in [0.1, 0.15) is 5.69 Å². The van der Waals surface area contributed by atoms with Crippen molar-refractivity contribution in [1.29, 1.82) is 0 Å². The second kappa shape index (κ2) is 7.19. The Balaban J connectivity index is 1.53. The number of rotatable bonds is 4. The molecule has 3 aromatic rings. The second-order valence-corrected chi connectivity index (χ2v) is 7.00. The summed E-state index contributed by atoms with van der Waals surface area (Å²) in [6.07, 6.45) is 2.49. The van der Waals surface area contributed by atoms with Gasteiger partial charge in [0, 0.05) is 24.1 Å². The summed E-state index contributed by atoms with van der Waals surface area (Å²) in [6.45, 7) is 5.01. The van der Waals surface area contributed by atoms with Gasteiger partial charge in [0.25, 0.3) is 5.91 Å². The topological polar surface area (TPSA) is 58.1 Å². The number of fused-ring (bicyclic) bond motifs is 1. The molecule has 4 rings (SSSR count). The number of benzene rings is 2. The maximum absolute atomic E-state index is 12.9. The fourth-order valence-corrected chi connectivity index (χ4v) is 3.31. The Morgan fingerprint density at radius 1 is 1.07 bits per heavy atom. The number of nitrogens with zero attached hydrogens (tertiary/aromatic N) is 3. The van der Waals surface area contributed by atoms with Crippen molar-refractivity contribution in [1.82, 2.24) is 9.97 Å². The summed E-state index contributed by atoms with van der Waals surface area (Å²) < 4.78 is 0. The molecule has 1 aliphatic heterocycles. The van der Waals surface area contributed by atoms with E-state index in [-0.39, 0.29) is 5.91 Å². The summed E-state index contributed by atoms with van der Waals surface area (Å²) in [5.74, 6) is 0.811. The first kappa shape index (κ1) is 17.2. The summed E-state index contributed by atoms with van der Waals surface area (Å²) >= 11 is 0. The van der Waals surface area contributed by atoms with Gasteiger partial charge in [0.15, 0.2) is 0 Å². The van der Waals surface area contributed by atoms with Crippen molar-refractivity contribution >= 4 is 23.2 Å². The monoisotopic (exact) mass is 358 g/mol. The third-order valence-corrected chi connectivity index (χ3v) is 4.84. The van der Waals surface area contributed by atoms with Gasteiger partial charge < -0.3 is 10.2 Å². The molecule has 5 nitrogen and oxygen atoms in total. The summed E-state index contributed by atoms with van der Waals surface area (Å²) in [4.78, 5) is 23.4. The van der Waals surface area contributed by atoms with E-state index in [0.717, 1.165) is 17.8 Å². The normalized spacial score (nSPS) is 12.9. The molecule has 0 aliphatic carbocycles. The van der Waals surface area contributed by atoms with Crippen LogP contribution >= 0.6 is 0 Å². The van der Waals surface area contributed by atoms with Crippen molar-refractivity contribution in [3.05, 3.63) is 77.6 Å². The molecular weight excluding hydrogens is 336 g/mol. The highest BCUT2D eigenvalue weighted by Gasteiger charge is 2.26. The molecule has 136 valence electrons. The van der Waals surface area contributed by atoms with E-state index in [0.29, 0.717) is 24.1 Å². The number of carbonyl (C=O) groups excluding carboxylic acids is 1. The molecule has 27 heavy (non-hydrogen) atoms. The summed E-state index contributed by atoms with van der Waals surface area (Å²) in [6, 6.07) is 17.9. The molecule has 0 fully saturated rings. The molecule has 2 heterocycles. The van der Waals surface area contributed by atoms with Crippen LogP contribution in [0.5, 0.6) is 0 Å². The molecule has 5 heteroatoms. The summed E-state index contributed by atoms with van der Waals surface area (Å²) in [7, 11) is 0. The Labute approximate surface area is 159 Å². The van der Waals surface area contributed by atoms with Crippen LogP contribution in [0.25, 0.3) is 0 Å². The molecule has 0 radical (unpaired) electrons. The third kappa shape index (κ3) is 3.53. The Morgan fingerprint density at radius 2 is 1.85 bits per heavy atom. The molecule has 0 saturated heterocycles. The van der Waals surface area contributed by atoms with Crippen LogP contribution in [0.2, 0.25) is 0 Å². The number of amides is 1. The maximum atomic E-state index is 12.9. The molecule has 0 unspecified atom stereocenters. The van der Waals surface area contributed by atoms with E-state index in [1.165, 1.54) is 11.1 Å². The van der Waals surface area contributed by atoms with Gasteiger partial charge >= 0.3 is 0 Å². The van der Waals surface area contributed by atoms with Crippen LogP contribution in [0.15, 0.2) is 60.8 Å². The highest BCUT2D eigenvalue weighted by molar-refractivity contribution is 6.06. The first-order valence-electron chi connectivity index (χ1n) is 9.21. The minimum Gasteiger partial charge on any atom is -0.324 e. The number of hydrogen-bond donors (Lipinski definition) is 1. The van der Waals surface area contributed by atoms with Gasteiger partial charge in [-0.1, -0.05) is 44.2 Å². The largest absolute Gasteiger partial charge is 0.324 e. The third-order valence-electron chi connectivity index (χ3n) is 4.84. The Hall–Kier alpha value is -3.21. The van der Waals surface area contributed by atoms with Crippen LogP contribution in [0.4, 0.5) is 17.3 Å². The summed E-state index contributed by atoms with van der Waals surface area (Å²) in [5.41, 5.74) is 4.74. The smallest absolute Gasteiger partial charge is 0.277 e. The quantitative estimate of drug-likeness (QED) is 0.743. The molecule has 0 saturated carbocycles. The van der Waals surface area contributed by atoms with Gasteiger partial charge in [-0.05, 0) is 47.7 Å². The zero-order chi connectivity index (χ0) is 18.8. The average molecular weight is 358 g/mol. The highest BCUT2D eigenvalue weighted by Crippen LogP contribution is 2.28. The van der Waals surface area contributed by atoms with Gasteiger partial charge in [-0.2, -0.15) is 0 Å². The van der Waals surface area contributed by atoms with Crippen molar-refractivity contribution in [2.45, 2.75) is 26.2 Å². The van der Waals surface area contributed by atoms with Crippen LogP contribution in [-0.4, -0.2) is 22.4 Å². The Bertz CT molecular complexity index is 966. The van der Waals surface area contributed by atoms with Crippen molar-refractivity contribution in [2.75, 3.05) is 16.8 Å². The van der Waals surface area contributed by atoms with E-state index < -0.39 is 0 Å². The molecule has 0 atom stereocenters. The lowest BCUT2D eigenvalue weighted by Gasteiger charge is -2.17. The predicted octanol–water partition coefficient (Wildman–Crippen LogP) is 4.55. The molecule has 0 spiro atoms. The highest BCUT2D eigenvalue weighted by atomic mass is 16.2. The fourth-order valence-electron chi connectivity index (χ4n) is 3.31. The van der Waals surface area contributed by atoms with Crippen molar-refractivity contribution in [3.63, 3.8) is 0 Å². The van der Waals surface area contributed by atoms with E-state index in [9.17, 15) is 4.79 Å². The molecule has 2 aromatic carbocycles. The fraction of sp³-hybridized carbons (Fsp3) is 0.227. The number of aromatic nitrogens is 2. The van der Waals surface area contributed by atoms with Gasteiger partial charge in [0.05, 0.1) is 0 Å². The summed E-state index contributed by atoms with van der Waals surface area (Å²) in [5, 5.41) is 3.18. The molecule has 1 aliphatic rings. The lowest BCUT2D eigenvalue weighted by atomic mass is 10.0. The molecular formula is C22H22N4O. The van der Waals surface area contributed by atoms with Crippen LogP contribution in [0, 0.1) is 0 Å². The number of anilines is 3. The minimum atomic E-state index is -0.0967. The van der Waals surface area contributed by atoms with Crippen molar-refractivity contribution in [2.24, 2.45) is 0 Å². The number of hydrogen-bond acceptors (Lipinski definition) is 4. The zero-order valence-electron chi connectivity index (χ0n) is 15.5. The van der Waals surface area contributed by atoms with Crippen molar-refractivity contribution < 1.29 is 4.79 Å². The molecule has 1 amide bonds. The van der Waals surface area contributed by atoms with E-state index in [1.807, 2.05) is 30.3 Å². The lowest BCUT2D eigenvalue weighted by Crippen LogP contribution is -2.29. The zero-order valence-corrected chi connectivity index (χ0v) is 15.5. The number of para-hydroxylation sites is 1. The van der Waals surface area contributed by atoms with Crippen LogP contribution in [0.3, 0.4) is 0 Å². The first-order chi connectivity index (χ1) is 13.1. The van der Waals surface area contributed by atoms with E-state index in [1.54, 1.807) is 17.2 Å². The van der Waals surface area contributed by atoms with Gasteiger partial charge in [-0.3, -0.25) is 4.79 Å². The van der Waals surface area contributed by atoms with E-state index in [4.69, 9.17) is 0 Å². The standard InChI is InChI=1S/C22H22N4O/c1-15(2)16-7-9-18(10-8-16)24-22-23-13-11-19(25-22)21(27)26-14-12-17-5-3-4-6-20(17)26/h3-11,13,15H,12,14H2,1-2H3,(H,23,24,25). The molecule has 1 aromatic heterocycles. The SMILES string of the molecule is CC(C)c1ccc(Nc2nccc(C(=O)N3CCc4ccccc43)n2)cc1. The van der Waals surface area contributed by atoms with Crippen molar-refractivity contribution in [3.8, 4) is 0 Å². The van der Waals surface area contributed by atoms with Gasteiger partial charge in [-0.15, -0.1) is 0 Å². The van der Waals surface area contributed by atoms with Crippen LogP contribution in [-0.2, 0) is 6.42 Å². The minimum absolute atomic E-state index is 0.0967.